The van der Waals surface area contributed by atoms with Crippen molar-refractivity contribution in [3.05, 3.63) is 52.9 Å². The molecule has 0 radical (unpaired) electrons. The summed E-state index contributed by atoms with van der Waals surface area (Å²) in [5.74, 6) is -0.855. The zero-order chi connectivity index (χ0) is 18.7. The van der Waals surface area contributed by atoms with Crippen molar-refractivity contribution in [3.8, 4) is 11.3 Å². The third kappa shape index (κ3) is 3.85. The molecule has 8 heteroatoms. The molecular formula is C18H14FNO5S. The molecule has 1 aromatic carbocycles. The molecule has 0 bridgehead atoms. The zero-order valence-electron chi connectivity index (χ0n) is 13.7. The number of hydrogen-bond acceptors (Lipinski definition) is 6. The van der Waals surface area contributed by atoms with E-state index < -0.39 is 23.7 Å². The van der Waals surface area contributed by atoms with Crippen LogP contribution in [0.4, 0.5) is 9.18 Å². The van der Waals surface area contributed by atoms with E-state index in [0.29, 0.717) is 28.8 Å². The SMILES string of the molecule is CCOC(=O)CN1C(=O)S/C(=C\c2ccc(-c3cccc(F)c3)o2)C1=O. The Kier molecular flexibility index (Phi) is 5.22. The minimum absolute atomic E-state index is 0.138. The summed E-state index contributed by atoms with van der Waals surface area (Å²) in [6, 6.07) is 9.16. The van der Waals surface area contributed by atoms with E-state index in [4.69, 9.17) is 9.15 Å². The molecule has 3 rings (SSSR count). The zero-order valence-corrected chi connectivity index (χ0v) is 14.5. The number of carbonyl (C=O) groups excluding carboxylic acids is 3. The molecule has 1 saturated heterocycles. The van der Waals surface area contributed by atoms with Gasteiger partial charge >= 0.3 is 5.97 Å². The van der Waals surface area contributed by atoms with Crippen LogP contribution in [0.5, 0.6) is 0 Å². The first-order chi connectivity index (χ1) is 12.5. The number of benzene rings is 1. The number of hydrogen-bond donors (Lipinski definition) is 0. The van der Waals surface area contributed by atoms with E-state index in [1.807, 2.05) is 0 Å². The molecule has 134 valence electrons. The van der Waals surface area contributed by atoms with Crippen molar-refractivity contribution < 1.29 is 27.9 Å². The maximum absolute atomic E-state index is 13.3. The number of halogens is 1. The minimum atomic E-state index is -0.651. The molecule has 0 aliphatic carbocycles. The maximum Gasteiger partial charge on any atom is 0.326 e. The summed E-state index contributed by atoms with van der Waals surface area (Å²) < 4.78 is 23.6. The van der Waals surface area contributed by atoms with Crippen molar-refractivity contribution in [1.29, 1.82) is 0 Å². The van der Waals surface area contributed by atoms with Gasteiger partial charge in [0, 0.05) is 11.6 Å². The summed E-state index contributed by atoms with van der Waals surface area (Å²) in [6.45, 7) is 1.38. The Bertz CT molecular complexity index is 904. The van der Waals surface area contributed by atoms with E-state index in [9.17, 15) is 18.8 Å². The second-order valence-electron chi connectivity index (χ2n) is 5.29. The van der Waals surface area contributed by atoms with Gasteiger partial charge in [0.05, 0.1) is 11.5 Å². The van der Waals surface area contributed by atoms with E-state index >= 15 is 0 Å². The van der Waals surface area contributed by atoms with E-state index in [1.165, 1.54) is 18.2 Å². The van der Waals surface area contributed by atoms with Gasteiger partial charge in [-0.25, -0.2) is 4.39 Å². The van der Waals surface area contributed by atoms with Crippen LogP contribution in [0.3, 0.4) is 0 Å². The van der Waals surface area contributed by atoms with Gasteiger partial charge in [0.15, 0.2) is 0 Å². The van der Waals surface area contributed by atoms with Gasteiger partial charge in [0.2, 0.25) is 0 Å². The van der Waals surface area contributed by atoms with Crippen LogP contribution < -0.4 is 0 Å². The lowest BCUT2D eigenvalue weighted by atomic mass is 10.2. The molecule has 26 heavy (non-hydrogen) atoms. The lowest BCUT2D eigenvalue weighted by molar-refractivity contribution is -0.145. The second-order valence-corrected chi connectivity index (χ2v) is 6.28. The number of furan rings is 1. The Morgan fingerprint density at radius 1 is 1.31 bits per heavy atom. The number of amides is 2. The highest BCUT2D eigenvalue weighted by Crippen LogP contribution is 2.33. The normalized spacial score (nSPS) is 15.8. The highest BCUT2D eigenvalue weighted by Gasteiger charge is 2.36. The van der Waals surface area contributed by atoms with Crippen molar-refractivity contribution in [1.82, 2.24) is 4.90 Å². The number of thioether (sulfide) groups is 1. The smallest absolute Gasteiger partial charge is 0.326 e. The van der Waals surface area contributed by atoms with Crippen molar-refractivity contribution in [2.24, 2.45) is 0 Å². The molecule has 0 atom stereocenters. The fourth-order valence-electron chi connectivity index (χ4n) is 2.33. The van der Waals surface area contributed by atoms with Crippen LogP contribution in [0, 0.1) is 5.82 Å². The molecule has 0 unspecified atom stereocenters. The summed E-state index contributed by atoms with van der Waals surface area (Å²) in [5.41, 5.74) is 0.556. The highest BCUT2D eigenvalue weighted by molar-refractivity contribution is 8.18. The first-order valence-electron chi connectivity index (χ1n) is 7.74. The van der Waals surface area contributed by atoms with Gasteiger partial charge in [-0.1, -0.05) is 12.1 Å². The minimum Gasteiger partial charge on any atom is -0.465 e. The lowest BCUT2D eigenvalue weighted by Crippen LogP contribution is -2.34. The van der Waals surface area contributed by atoms with Crippen LogP contribution in [0.1, 0.15) is 12.7 Å². The van der Waals surface area contributed by atoms with Crippen molar-refractivity contribution in [2.75, 3.05) is 13.2 Å². The molecule has 0 saturated carbocycles. The number of ether oxygens (including phenoxy) is 1. The van der Waals surface area contributed by atoms with Gasteiger partial charge in [-0.15, -0.1) is 0 Å². The first-order valence-corrected chi connectivity index (χ1v) is 8.56. The van der Waals surface area contributed by atoms with Gasteiger partial charge in [0.1, 0.15) is 23.9 Å². The summed E-state index contributed by atoms with van der Waals surface area (Å²) in [4.78, 5) is 36.7. The lowest BCUT2D eigenvalue weighted by Gasteiger charge is -2.10. The summed E-state index contributed by atoms with van der Waals surface area (Å²) in [5, 5.41) is -0.550. The van der Waals surface area contributed by atoms with Gasteiger partial charge < -0.3 is 9.15 Å². The maximum atomic E-state index is 13.3. The fourth-order valence-corrected chi connectivity index (χ4v) is 3.15. The number of imide groups is 1. The van der Waals surface area contributed by atoms with Gasteiger partial charge in [0.25, 0.3) is 11.1 Å². The first kappa shape index (κ1) is 17.9. The molecule has 0 N–H and O–H groups in total. The Morgan fingerprint density at radius 3 is 2.85 bits per heavy atom. The molecule has 1 fully saturated rings. The van der Waals surface area contributed by atoms with E-state index in [-0.39, 0.29) is 17.3 Å². The highest BCUT2D eigenvalue weighted by atomic mass is 32.2. The number of rotatable bonds is 5. The molecule has 2 aromatic rings. The second kappa shape index (κ2) is 7.57. The molecule has 2 heterocycles. The molecule has 0 spiro atoms. The molecule has 1 aliphatic rings. The average molecular weight is 375 g/mol. The van der Waals surface area contributed by atoms with Crippen molar-refractivity contribution in [2.45, 2.75) is 6.92 Å². The third-order valence-corrected chi connectivity index (χ3v) is 4.38. The fraction of sp³-hybridized carbons (Fsp3) is 0.167. The van der Waals surface area contributed by atoms with Crippen LogP contribution in [0.15, 0.2) is 45.7 Å². The molecule has 1 aliphatic heterocycles. The van der Waals surface area contributed by atoms with E-state index in [1.54, 1.807) is 31.2 Å². The van der Waals surface area contributed by atoms with E-state index in [2.05, 4.69) is 0 Å². The Morgan fingerprint density at radius 2 is 2.12 bits per heavy atom. The van der Waals surface area contributed by atoms with E-state index in [0.717, 1.165) is 4.90 Å². The quantitative estimate of drug-likeness (QED) is 0.586. The van der Waals surface area contributed by atoms with Gasteiger partial charge in [-0.3, -0.25) is 19.3 Å². The summed E-state index contributed by atoms with van der Waals surface area (Å²) in [6.07, 6.45) is 1.42. The Labute approximate surface area is 152 Å². The van der Waals surface area contributed by atoms with Crippen molar-refractivity contribution in [3.63, 3.8) is 0 Å². The number of carbonyl (C=O) groups is 3. The molecule has 2 amide bonds. The molecule has 1 aromatic heterocycles. The number of nitrogens with zero attached hydrogens (tertiary/aromatic N) is 1. The monoisotopic (exact) mass is 375 g/mol. The Hall–Kier alpha value is -2.87. The molecular weight excluding hydrogens is 361 g/mol. The predicted molar refractivity (Wildman–Crippen MR) is 93.4 cm³/mol. The molecule has 6 nitrogen and oxygen atoms in total. The van der Waals surface area contributed by atoms with Crippen LogP contribution in [0.25, 0.3) is 17.4 Å². The third-order valence-electron chi connectivity index (χ3n) is 3.48. The van der Waals surface area contributed by atoms with Gasteiger partial charge in [-0.05, 0) is 43.0 Å². The van der Waals surface area contributed by atoms with Crippen molar-refractivity contribution >= 4 is 35.0 Å². The standard InChI is InChI=1S/C18H14FNO5S/c1-2-24-16(21)10-20-17(22)15(26-18(20)23)9-13-6-7-14(25-13)11-4-3-5-12(19)8-11/h3-9H,2,10H2,1H3/b15-9-. The average Bonchev–Trinajstić information content (AvgIpc) is 3.16. The van der Waals surface area contributed by atoms with Crippen LogP contribution in [-0.2, 0) is 14.3 Å². The predicted octanol–water partition coefficient (Wildman–Crippen LogP) is 3.69. The largest absolute Gasteiger partial charge is 0.465 e. The van der Waals surface area contributed by atoms with Crippen LogP contribution in [-0.4, -0.2) is 35.2 Å². The topological polar surface area (TPSA) is 76.8 Å². The van der Waals surface area contributed by atoms with Crippen LogP contribution in [0.2, 0.25) is 0 Å². The van der Waals surface area contributed by atoms with Crippen LogP contribution >= 0.6 is 11.8 Å². The van der Waals surface area contributed by atoms with Gasteiger partial charge in [-0.2, -0.15) is 0 Å². The summed E-state index contributed by atoms with van der Waals surface area (Å²) >= 11 is 0.715. The summed E-state index contributed by atoms with van der Waals surface area (Å²) in [7, 11) is 0. The number of esters is 1. The Balaban J connectivity index is 1.77.